The summed E-state index contributed by atoms with van der Waals surface area (Å²) in [7, 11) is 3.21. The topological polar surface area (TPSA) is 27.7 Å². The van der Waals surface area contributed by atoms with Gasteiger partial charge in [-0.05, 0) is 12.1 Å². The van der Waals surface area contributed by atoms with Gasteiger partial charge in [-0.2, -0.15) is 0 Å². The highest BCUT2D eigenvalue weighted by Crippen LogP contribution is 2.20. The van der Waals surface area contributed by atoms with Gasteiger partial charge in [0.2, 0.25) is 0 Å². The minimum Gasteiger partial charge on any atom is -0.490 e. The maximum Gasteiger partial charge on any atom is 0.183 e. The van der Waals surface area contributed by atoms with Crippen LogP contribution < -0.4 is 4.74 Å². The van der Waals surface area contributed by atoms with Crippen molar-refractivity contribution in [1.82, 2.24) is 0 Å². The fourth-order valence-electron chi connectivity index (χ4n) is 1.24. The standard InChI is InChI=1S/C12H16O3/c1-4-9-15-11-7-5-10(6-8-11)12(13-2)14-3/h4-8,12H,1,9H2,2-3H3. The molecule has 0 aliphatic heterocycles. The van der Waals surface area contributed by atoms with Gasteiger partial charge in [-0.15, -0.1) is 0 Å². The summed E-state index contributed by atoms with van der Waals surface area (Å²) in [5.74, 6) is 0.810. The zero-order valence-corrected chi connectivity index (χ0v) is 9.10. The molecule has 0 saturated heterocycles. The van der Waals surface area contributed by atoms with E-state index in [9.17, 15) is 0 Å². The highest BCUT2D eigenvalue weighted by Gasteiger charge is 2.07. The van der Waals surface area contributed by atoms with Crippen molar-refractivity contribution in [2.24, 2.45) is 0 Å². The smallest absolute Gasteiger partial charge is 0.183 e. The first-order valence-electron chi connectivity index (χ1n) is 4.71. The van der Waals surface area contributed by atoms with E-state index in [0.717, 1.165) is 11.3 Å². The Balaban J connectivity index is 2.66. The van der Waals surface area contributed by atoms with Gasteiger partial charge in [-0.25, -0.2) is 0 Å². The zero-order chi connectivity index (χ0) is 11.1. The van der Waals surface area contributed by atoms with Crippen molar-refractivity contribution in [2.45, 2.75) is 6.29 Å². The number of hydrogen-bond acceptors (Lipinski definition) is 3. The minimum absolute atomic E-state index is 0.321. The summed E-state index contributed by atoms with van der Waals surface area (Å²) in [6, 6.07) is 7.58. The molecule has 15 heavy (non-hydrogen) atoms. The summed E-state index contributed by atoms with van der Waals surface area (Å²) in [6.45, 7) is 4.09. The van der Waals surface area contributed by atoms with E-state index in [2.05, 4.69) is 6.58 Å². The van der Waals surface area contributed by atoms with Gasteiger partial charge in [0.25, 0.3) is 0 Å². The van der Waals surface area contributed by atoms with Crippen LogP contribution in [0.15, 0.2) is 36.9 Å². The summed E-state index contributed by atoms with van der Waals surface area (Å²) in [5, 5.41) is 0. The molecule has 0 amide bonds. The Morgan fingerprint density at radius 3 is 2.27 bits per heavy atom. The van der Waals surface area contributed by atoms with Crippen molar-refractivity contribution < 1.29 is 14.2 Å². The summed E-state index contributed by atoms with van der Waals surface area (Å²) in [6.07, 6.45) is 1.39. The first-order valence-corrected chi connectivity index (χ1v) is 4.71. The second-order valence-corrected chi connectivity index (χ2v) is 2.97. The van der Waals surface area contributed by atoms with E-state index in [1.807, 2.05) is 24.3 Å². The van der Waals surface area contributed by atoms with Crippen LogP contribution in [0.1, 0.15) is 11.9 Å². The zero-order valence-electron chi connectivity index (χ0n) is 9.10. The predicted molar refractivity (Wildman–Crippen MR) is 58.9 cm³/mol. The van der Waals surface area contributed by atoms with Crippen molar-refractivity contribution in [2.75, 3.05) is 20.8 Å². The van der Waals surface area contributed by atoms with Crippen LogP contribution in [0.3, 0.4) is 0 Å². The van der Waals surface area contributed by atoms with Crippen LogP contribution in [0.25, 0.3) is 0 Å². The Hall–Kier alpha value is -1.32. The first kappa shape index (κ1) is 11.8. The maximum atomic E-state index is 5.36. The summed E-state index contributed by atoms with van der Waals surface area (Å²) in [5.41, 5.74) is 0.964. The van der Waals surface area contributed by atoms with Crippen molar-refractivity contribution >= 4 is 0 Å². The lowest BCUT2D eigenvalue weighted by Gasteiger charge is -2.13. The van der Waals surface area contributed by atoms with Crippen molar-refractivity contribution in [1.29, 1.82) is 0 Å². The second-order valence-electron chi connectivity index (χ2n) is 2.97. The van der Waals surface area contributed by atoms with E-state index in [-0.39, 0.29) is 6.29 Å². The molecule has 3 heteroatoms. The van der Waals surface area contributed by atoms with Gasteiger partial charge in [0.1, 0.15) is 12.4 Å². The molecule has 1 rings (SSSR count). The molecule has 1 aromatic carbocycles. The molecule has 0 bridgehead atoms. The van der Waals surface area contributed by atoms with E-state index < -0.39 is 0 Å². The van der Waals surface area contributed by atoms with Crippen LogP contribution >= 0.6 is 0 Å². The average molecular weight is 208 g/mol. The van der Waals surface area contributed by atoms with Crippen LogP contribution in [0, 0.1) is 0 Å². The van der Waals surface area contributed by atoms with Crippen LogP contribution in [0.2, 0.25) is 0 Å². The normalized spacial score (nSPS) is 10.3. The molecular formula is C12H16O3. The van der Waals surface area contributed by atoms with Crippen LogP contribution in [0.5, 0.6) is 5.75 Å². The lowest BCUT2D eigenvalue weighted by Crippen LogP contribution is -2.03. The van der Waals surface area contributed by atoms with Gasteiger partial charge < -0.3 is 14.2 Å². The highest BCUT2D eigenvalue weighted by atomic mass is 16.7. The quantitative estimate of drug-likeness (QED) is 0.531. The van der Waals surface area contributed by atoms with Crippen LogP contribution in [-0.4, -0.2) is 20.8 Å². The van der Waals surface area contributed by atoms with Crippen molar-refractivity contribution in [3.8, 4) is 5.75 Å². The second kappa shape index (κ2) is 6.22. The van der Waals surface area contributed by atoms with Gasteiger partial charge in [-0.1, -0.05) is 24.8 Å². The van der Waals surface area contributed by atoms with E-state index in [1.165, 1.54) is 0 Å². The van der Waals surface area contributed by atoms with Gasteiger partial charge in [0.15, 0.2) is 6.29 Å². The van der Waals surface area contributed by atoms with Crippen molar-refractivity contribution in [3.63, 3.8) is 0 Å². The SMILES string of the molecule is C=CCOc1ccc(C(OC)OC)cc1. The van der Waals surface area contributed by atoms with Gasteiger partial charge in [-0.3, -0.25) is 0 Å². The molecule has 0 spiro atoms. The van der Waals surface area contributed by atoms with E-state index in [0.29, 0.717) is 6.61 Å². The van der Waals surface area contributed by atoms with Gasteiger partial charge in [0, 0.05) is 19.8 Å². The Morgan fingerprint density at radius 1 is 1.20 bits per heavy atom. The molecule has 0 aliphatic rings. The Morgan fingerprint density at radius 2 is 1.80 bits per heavy atom. The average Bonchev–Trinajstić information content (AvgIpc) is 2.29. The Bertz CT molecular complexity index is 288. The molecule has 3 nitrogen and oxygen atoms in total. The molecule has 0 aromatic heterocycles. The van der Waals surface area contributed by atoms with Crippen LogP contribution in [-0.2, 0) is 9.47 Å². The number of ether oxygens (including phenoxy) is 3. The number of hydrogen-bond donors (Lipinski definition) is 0. The van der Waals surface area contributed by atoms with Gasteiger partial charge in [0.05, 0.1) is 0 Å². The lowest BCUT2D eigenvalue weighted by molar-refractivity contribution is -0.106. The minimum atomic E-state index is -0.321. The summed E-state index contributed by atoms with van der Waals surface area (Å²) >= 11 is 0. The third kappa shape index (κ3) is 3.38. The fourth-order valence-corrected chi connectivity index (χ4v) is 1.24. The number of rotatable bonds is 6. The van der Waals surface area contributed by atoms with E-state index in [1.54, 1.807) is 20.3 Å². The first-order chi connectivity index (χ1) is 7.31. The molecule has 0 aliphatic carbocycles. The molecule has 0 fully saturated rings. The highest BCUT2D eigenvalue weighted by molar-refractivity contribution is 5.28. The molecule has 0 N–H and O–H groups in total. The molecule has 0 saturated carbocycles. The van der Waals surface area contributed by atoms with Crippen molar-refractivity contribution in [3.05, 3.63) is 42.5 Å². The Kier molecular flexibility index (Phi) is 4.87. The largest absolute Gasteiger partial charge is 0.490 e. The van der Waals surface area contributed by atoms with Gasteiger partial charge >= 0.3 is 0 Å². The molecule has 82 valence electrons. The summed E-state index contributed by atoms with van der Waals surface area (Å²) < 4.78 is 15.6. The van der Waals surface area contributed by atoms with E-state index in [4.69, 9.17) is 14.2 Å². The predicted octanol–water partition coefficient (Wildman–Crippen LogP) is 2.54. The maximum absolute atomic E-state index is 5.36. The lowest BCUT2D eigenvalue weighted by atomic mass is 10.2. The molecule has 0 atom stereocenters. The summed E-state index contributed by atoms with van der Waals surface area (Å²) in [4.78, 5) is 0. The fraction of sp³-hybridized carbons (Fsp3) is 0.333. The number of benzene rings is 1. The number of methoxy groups -OCH3 is 2. The molecular weight excluding hydrogens is 192 g/mol. The van der Waals surface area contributed by atoms with E-state index >= 15 is 0 Å². The molecule has 0 radical (unpaired) electrons. The third-order valence-corrected chi connectivity index (χ3v) is 1.95. The third-order valence-electron chi connectivity index (χ3n) is 1.95. The Labute approximate surface area is 90.3 Å². The van der Waals surface area contributed by atoms with Crippen LogP contribution in [0.4, 0.5) is 0 Å². The molecule has 0 unspecified atom stereocenters. The monoisotopic (exact) mass is 208 g/mol. The molecule has 0 heterocycles. The molecule has 1 aromatic rings.